The standard InChI is InChI=1S/C19H17F3N2O4/c1-27-14-9-7-13(8-10-14)16-11-18(26,19(20,21)22)24(23-16)17(25)12-28-15-5-3-2-4-6-15/h2-10,26H,11-12H2,1H3. The number of methoxy groups -OCH3 is 1. The minimum Gasteiger partial charge on any atom is -0.497 e. The molecule has 0 aliphatic carbocycles. The largest absolute Gasteiger partial charge is 0.497 e. The van der Waals surface area contributed by atoms with Gasteiger partial charge in [0.2, 0.25) is 0 Å². The maximum atomic E-state index is 13.5. The first-order valence-electron chi connectivity index (χ1n) is 8.26. The molecular formula is C19H17F3N2O4. The molecule has 2 aromatic rings. The zero-order valence-electron chi connectivity index (χ0n) is 14.8. The molecule has 0 radical (unpaired) electrons. The lowest BCUT2D eigenvalue weighted by atomic mass is 10.0. The van der Waals surface area contributed by atoms with Crippen molar-refractivity contribution in [1.82, 2.24) is 5.01 Å². The first kappa shape index (κ1) is 19.7. The first-order valence-corrected chi connectivity index (χ1v) is 8.26. The van der Waals surface area contributed by atoms with E-state index in [0.29, 0.717) is 17.1 Å². The Labute approximate surface area is 158 Å². The fraction of sp³-hybridized carbons (Fsp3) is 0.263. The molecule has 0 spiro atoms. The van der Waals surface area contributed by atoms with E-state index in [-0.39, 0.29) is 10.7 Å². The number of halogens is 3. The van der Waals surface area contributed by atoms with E-state index < -0.39 is 30.8 Å². The number of amides is 1. The fourth-order valence-corrected chi connectivity index (χ4v) is 2.70. The van der Waals surface area contributed by atoms with Crippen molar-refractivity contribution >= 4 is 11.6 Å². The molecule has 0 bridgehead atoms. The summed E-state index contributed by atoms with van der Waals surface area (Å²) >= 11 is 0. The Balaban J connectivity index is 1.85. The van der Waals surface area contributed by atoms with Crippen LogP contribution in [-0.4, -0.2) is 47.4 Å². The molecule has 2 aromatic carbocycles. The minimum absolute atomic E-state index is 0.0511. The van der Waals surface area contributed by atoms with E-state index in [2.05, 4.69) is 5.10 Å². The summed E-state index contributed by atoms with van der Waals surface area (Å²) in [7, 11) is 1.46. The molecule has 3 rings (SSSR count). The number of hydrogen-bond donors (Lipinski definition) is 1. The van der Waals surface area contributed by atoms with Crippen LogP contribution in [0.2, 0.25) is 0 Å². The Kier molecular flexibility index (Phi) is 5.28. The maximum absolute atomic E-state index is 13.5. The van der Waals surface area contributed by atoms with Crippen LogP contribution in [0.4, 0.5) is 13.2 Å². The molecule has 1 aliphatic heterocycles. The van der Waals surface area contributed by atoms with Gasteiger partial charge < -0.3 is 14.6 Å². The van der Waals surface area contributed by atoms with Gasteiger partial charge in [0.15, 0.2) is 6.61 Å². The lowest BCUT2D eigenvalue weighted by molar-refractivity contribution is -0.302. The van der Waals surface area contributed by atoms with E-state index in [1.54, 1.807) is 42.5 Å². The summed E-state index contributed by atoms with van der Waals surface area (Å²) in [6.07, 6.45) is -5.99. The number of benzene rings is 2. The van der Waals surface area contributed by atoms with E-state index >= 15 is 0 Å². The van der Waals surface area contributed by atoms with Gasteiger partial charge in [-0.3, -0.25) is 4.79 Å². The number of carbonyl (C=O) groups is 1. The minimum atomic E-state index is -5.10. The van der Waals surface area contributed by atoms with Gasteiger partial charge in [-0.15, -0.1) is 0 Å². The van der Waals surface area contributed by atoms with Crippen LogP contribution < -0.4 is 9.47 Å². The van der Waals surface area contributed by atoms with Crippen LogP contribution in [0.5, 0.6) is 11.5 Å². The highest BCUT2D eigenvalue weighted by molar-refractivity contribution is 6.03. The van der Waals surface area contributed by atoms with E-state index in [9.17, 15) is 23.1 Å². The summed E-state index contributed by atoms with van der Waals surface area (Å²) in [5.74, 6) is -0.297. The topological polar surface area (TPSA) is 71.4 Å². The molecule has 28 heavy (non-hydrogen) atoms. The van der Waals surface area contributed by atoms with Crippen LogP contribution in [0.3, 0.4) is 0 Å². The molecule has 148 valence electrons. The van der Waals surface area contributed by atoms with Gasteiger partial charge in [0.25, 0.3) is 11.6 Å². The van der Waals surface area contributed by atoms with Gasteiger partial charge in [-0.25, -0.2) is 0 Å². The van der Waals surface area contributed by atoms with Crippen LogP contribution in [0, 0.1) is 0 Å². The molecule has 0 saturated heterocycles. The molecule has 1 heterocycles. The van der Waals surface area contributed by atoms with Gasteiger partial charge >= 0.3 is 6.18 Å². The Morgan fingerprint density at radius 3 is 2.36 bits per heavy atom. The van der Waals surface area contributed by atoms with Gasteiger partial charge in [-0.1, -0.05) is 18.2 Å². The van der Waals surface area contributed by atoms with E-state index in [0.717, 1.165) is 0 Å². The van der Waals surface area contributed by atoms with Crippen LogP contribution >= 0.6 is 0 Å². The average molecular weight is 394 g/mol. The highest BCUT2D eigenvalue weighted by Crippen LogP contribution is 2.41. The molecule has 1 atom stereocenters. The summed E-state index contributed by atoms with van der Waals surface area (Å²) in [4.78, 5) is 12.4. The van der Waals surface area contributed by atoms with Crippen LogP contribution in [0.1, 0.15) is 12.0 Å². The molecule has 1 N–H and O–H groups in total. The predicted molar refractivity (Wildman–Crippen MR) is 93.9 cm³/mol. The van der Waals surface area contributed by atoms with Crippen molar-refractivity contribution in [1.29, 1.82) is 0 Å². The number of hydrogen-bond acceptors (Lipinski definition) is 5. The van der Waals surface area contributed by atoms with Crippen molar-refractivity contribution in [3.63, 3.8) is 0 Å². The molecule has 0 aromatic heterocycles. The fourth-order valence-electron chi connectivity index (χ4n) is 2.70. The normalized spacial score (nSPS) is 19.3. The van der Waals surface area contributed by atoms with Crippen LogP contribution in [0.25, 0.3) is 0 Å². The van der Waals surface area contributed by atoms with Gasteiger partial charge in [0.05, 0.1) is 19.2 Å². The Morgan fingerprint density at radius 1 is 1.14 bits per heavy atom. The summed E-state index contributed by atoms with van der Waals surface area (Å²) in [5.41, 5.74) is -3.18. The predicted octanol–water partition coefficient (Wildman–Crippen LogP) is 2.96. The summed E-state index contributed by atoms with van der Waals surface area (Å²) in [6.45, 7) is -0.707. The number of carbonyl (C=O) groups excluding carboxylic acids is 1. The van der Waals surface area contributed by atoms with E-state index in [1.807, 2.05) is 0 Å². The molecule has 0 saturated carbocycles. The molecule has 6 nitrogen and oxygen atoms in total. The second-order valence-corrected chi connectivity index (χ2v) is 6.07. The van der Waals surface area contributed by atoms with E-state index in [4.69, 9.17) is 9.47 Å². The Bertz CT molecular complexity index is 869. The number of ether oxygens (including phenoxy) is 2. The zero-order chi connectivity index (χ0) is 20.4. The SMILES string of the molecule is COc1ccc(C2=NN(C(=O)COc3ccccc3)C(O)(C(F)(F)F)C2)cc1. The highest BCUT2D eigenvalue weighted by atomic mass is 19.4. The van der Waals surface area contributed by atoms with Gasteiger partial charge in [0.1, 0.15) is 11.5 Å². The molecule has 0 fully saturated rings. The van der Waals surface area contributed by atoms with Crippen molar-refractivity contribution in [2.24, 2.45) is 5.10 Å². The first-order chi connectivity index (χ1) is 13.2. The van der Waals surface area contributed by atoms with E-state index in [1.165, 1.54) is 19.2 Å². The van der Waals surface area contributed by atoms with Crippen molar-refractivity contribution < 1.29 is 32.5 Å². The number of rotatable bonds is 5. The third-order valence-corrected chi connectivity index (χ3v) is 4.20. The molecule has 1 amide bonds. The zero-order valence-corrected chi connectivity index (χ0v) is 14.8. The Morgan fingerprint density at radius 2 is 1.79 bits per heavy atom. The number of nitrogens with zero attached hydrogens (tertiary/aromatic N) is 2. The van der Waals surface area contributed by atoms with Crippen molar-refractivity contribution in [3.05, 3.63) is 60.2 Å². The van der Waals surface area contributed by atoms with Gasteiger partial charge in [0, 0.05) is 0 Å². The number of hydrazone groups is 1. The summed E-state index contributed by atoms with van der Waals surface area (Å²) in [5, 5.41) is 14.1. The van der Waals surface area contributed by atoms with Crippen molar-refractivity contribution in [3.8, 4) is 11.5 Å². The smallest absolute Gasteiger partial charge is 0.438 e. The second-order valence-electron chi connectivity index (χ2n) is 6.07. The highest BCUT2D eigenvalue weighted by Gasteiger charge is 2.63. The molecule has 9 heteroatoms. The van der Waals surface area contributed by atoms with Crippen molar-refractivity contribution in [2.75, 3.05) is 13.7 Å². The van der Waals surface area contributed by atoms with Crippen LogP contribution in [0.15, 0.2) is 59.7 Å². The Hall–Kier alpha value is -3.07. The second kappa shape index (κ2) is 7.51. The number of alkyl halides is 3. The molecule has 1 aliphatic rings. The quantitative estimate of drug-likeness (QED) is 0.847. The summed E-state index contributed by atoms with van der Waals surface area (Å²) < 4.78 is 50.9. The monoisotopic (exact) mass is 394 g/mol. The number of para-hydroxylation sites is 1. The maximum Gasteiger partial charge on any atom is 0.438 e. The number of aliphatic hydroxyl groups is 1. The third kappa shape index (κ3) is 3.79. The average Bonchev–Trinajstić information content (AvgIpc) is 3.06. The lowest BCUT2D eigenvalue weighted by Crippen LogP contribution is -2.57. The lowest BCUT2D eigenvalue weighted by Gasteiger charge is -2.32. The third-order valence-electron chi connectivity index (χ3n) is 4.20. The summed E-state index contributed by atoms with van der Waals surface area (Å²) in [6, 6.07) is 14.2. The van der Waals surface area contributed by atoms with Gasteiger partial charge in [-0.05, 0) is 42.0 Å². The van der Waals surface area contributed by atoms with Gasteiger partial charge in [-0.2, -0.15) is 23.3 Å². The van der Waals surface area contributed by atoms with Crippen LogP contribution in [-0.2, 0) is 4.79 Å². The molecular weight excluding hydrogens is 377 g/mol. The van der Waals surface area contributed by atoms with Crippen molar-refractivity contribution in [2.45, 2.75) is 18.3 Å². The molecule has 1 unspecified atom stereocenters.